The van der Waals surface area contributed by atoms with Gasteiger partial charge in [0.1, 0.15) is 0 Å². The highest BCUT2D eigenvalue weighted by atomic mass is 16.2. The number of carbonyl (C=O) groups is 2. The molecule has 1 unspecified atom stereocenters. The van der Waals surface area contributed by atoms with Gasteiger partial charge < -0.3 is 9.80 Å². The lowest BCUT2D eigenvalue weighted by Crippen LogP contribution is -2.57. The fraction of sp³-hybridized carbons (Fsp3) is 0.600. The molecule has 1 aromatic carbocycles. The van der Waals surface area contributed by atoms with Gasteiger partial charge in [0.2, 0.25) is 11.8 Å². The van der Waals surface area contributed by atoms with E-state index in [-0.39, 0.29) is 23.8 Å². The molecule has 0 aliphatic carbocycles. The quantitative estimate of drug-likeness (QED) is 0.840. The average Bonchev–Trinajstić information content (AvgIpc) is 2.61. The van der Waals surface area contributed by atoms with Gasteiger partial charge in [0.15, 0.2) is 0 Å². The van der Waals surface area contributed by atoms with Crippen molar-refractivity contribution >= 4 is 11.8 Å². The Bertz CT molecular complexity index is 636. The molecule has 2 aliphatic heterocycles. The molecule has 0 aromatic heterocycles. The normalized spacial score (nSPS) is 19.7. The molecule has 3 rings (SSSR count). The van der Waals surface area contributed by atoms with Crippen molar-refractivity contribution in [1.82, 2.24) is 14.7 Å². The zero-order valence-electron chi connectivity index (χ0n) is 15.6. The third kappa shape index (κ3) is 3.87. The third-order valence-corrected chi connectivity index (χ3v) is 5.47. The van der Waals surface area contributed by atoms with Crippen LogP contribution < -0.4 is 0 Å². The van der Waals surface area contributed by atoms with E-state index in [2.05, 4.69) is 43.0 Å². The molecule has 1 saturated heterocycles. The number of fused-ring (bicyclic) bond motifs is 1. The topological polar surface area (TPSA) is 43.9 Å². The summed E-state index contributed by atoms with van der Waals surface area (Å²) in [5.74, 6) is 0.585. The van der Waals surface area contributed by atoms with Gasteiger partial charge in [-0.15, -0.1) is 0 Å². The average molecular weight is 343 g/mol. The van der Waals surface area contributed by atoms with Crippen molar-refractivity contribution in [2.24, 2.45) is 5.92 Å². The van der Waals surface area contributed by atoms with Crippen LogP contribution >= 0.6 is 0 Å². The molecule has 2 amide bonds. The molecular formula is C20H29N3O2. The first-order chi connectivity index (χ1) is 12.0. The van der Waals surface area contributed by atoms with Gasteiger partial charge in [-0.25, -0.2) is 0 Å². The van der Waals surface area contributed by atoms with Gasteiger partial charge in [-0.2, -0.15) is 0 Å². The van der Waals surface area contributed by atoms with Crippen LogP contribution in [0.15, 0.2) is 24.3 Å². The summed E-state index contributed by atoms with van der Waals surface area (Å²) in [6.45, 7) is 10.2. The van der Waals surface area contributed by atoms with Crippen molar-refractivity contribution in [3.05, 3.63) is 35.4 Å². The molecule has 1 atom stereocenters. The van der Waals surface area contributed by atoms with E-state index in [0.717, 1.165) is 19.5 Å². The monoisotopic (exact) mass is 343 g/mol. The minimum absolute atomic E-state index is 0.0859. The van der Waals surface area contributed by atoms with E-state index in [4.69, 9.17) is 0 Å². The fourth-order valence-corrected chi connectivity index (χ4v) is 4.05. The lowest BCUT2D eigenvalue weighted by atomic mass is 9.94. The van der Waals surface area contributed by atoms with Crippen molar-refractivity contribution in [3.63, 3.8) is 0 Å². The SMILES string of the molecule is CC(=O)N1CCN(C(=O)C(C(C)C)N2CCc3ccccc3C2)CC1. The molecule has 1 fully saturated rings. The molecule has 0 spiro atoms. The summed E-state index contributed by atoms with van der Waals surface area (Å²) >= 11 is 0. The molecule has 2 heterocycles. The predicted molar refractivity (Wildman–Crippen MR) is 98.0 cm³/mol. The van der Waals surface area contributed by atoms with Gasteiger partial charge in [0.05, 0.1) is 6.04 Å². The van der Waals surface area contributed by atoms with Crippen LogP contribution in [0.1, 0.15) is 31.9 Å². The van der Waals surface area contributed by atoms with E-state index < -0.39 is 0 Å². The van der Waals surface area contributed by atoms with E-state index in [1.54, 1.807) is 6.92 Å². The summed E-state index contributed by atoms with van der Waals surface area (Å²) in [6, 6.07) is 8.45. The van der Waals surface area contributed by atoms with Gasteiger partial charge in [0, 0.05) is 46.2 Å². The maximum absolute atomic E-state index is 13.2. The second-order valence-electron chi connectivity index (χ2n) is 7.51. The number of amides is 2. The standard InChI is InChI=1S/C20H29N3O2/c1-15(2)19(20(25)22-12-10-21(11-13-22)16(3)24)23-9-8-17-6-4-5-7-18(17)14-23/h4-7,15,19H,8-14H2,1-3H3. The van der Waals surface area contributed by atoms with Crippen LogP contribution in [-0.2, 0) is 22.6 Å². The van der Waals surface area contributed by atoms with Crippen LogP contribution in [0, 0.1) is 5.92 Å². The number of hydrogen-bond acceptors (Lipinski definition) is 3. The van der Waals surface area contributed by atoms with Gasteiger partial charge >= 0.3 is 0 Å². The Kier molecular flexibility index (Phi) is 5.42. The van der Waals surface area contributed by atoms with Gasteiger partial charge in [-0.05, 0) is 23.5 Å². The molecule has 0 radical (unpaired) electrons. The van der Waals surface area contributed by atoms with Crippen LogP contribution in [0.2, 0.25) is 0 Å². The third-order valence-electron chi connectivity index (χ3n) is 5.47. The van der Waals surface area contributed by atoms with Crippen molar-refractivity contribution in [3.8, 4) is 0 Å². The van der Waals surface area contributed by atoms with E-state index in [0.29, 0.717) is 26.2 Å². The molecule has 25 heavy (non-hydrogen) atoms. The molecule has 2 aliphatic rings. The minimum atomic E-state index is -0.0859. The van der Waals surface area contributed by atoms with E-state index in [9.17, 15) is 9.59 Å². The Morgan fingerprint density at radius 1 is 0.920 bits per heavy atom. The van der Waals surface area contributed by atoms with Crippen LogP contribution in [-0.4, -0.2) is 65.3 Å². The number of nitrogens with zero attached hydrogens (tertiary/aromatic N) is 3. The van der Waals surface area contributed by atoms with Crippen molar-refractivity contribution in [1.29, 1.82) is 0 Å². The van der Waals surface area contributed by atoms with Gasteiger partial charge in [-0.1, -0.05) is 38.1 Å². The smallest absolute Gasteiger partial charge is 0.240 e. The zero-order chi connectivity index (χ0) is 18.0. The Labute approximate surface area is 150 Å². The first kappa shape index (κ1) is 17.9. The Morgan fingerprint density at radius 3 is 2.12 bits per heavy atom. The molecule has 1 aromatic rings. The number of piperazine rings is 1. The highest BCUT2D eigenvalue weighted by Crippen LogP contribution is 2.24. The summed E-state index contributed by atoms with van der Waals surface area (Å²) in [7, 11) is 0. The number of rotatable bonds is 3. The summed E-state index contributed by atoms with van der Waals surface area (Å²) in [4.78, 5) is 30.8. The minimum Gasteiger partial charge on any atom is -0.339 e. The number of carbonyl (C=O) groups excluding carboxylic acids is 2. The summed E-state index contributed by atoms with van der Waals surface area (Å²) in [5.41, 5.74) is 2.75. The predicted octanol–water partition coefficient (Wildman–Crippen LogP) is 1.76. The molecule has 0 N–H and O–H groups in total. The molecular weight excluding hydrogens is 314 g/mol. The maximum atomic E-state index is 13.2. The second kappa shape index (κ2) is 7.56. The maximum Gasteiger partial charge on any atom is 0.240 e. The van der Waals surface area contributed by atoms with E-state index in [1.165, 1.54) is 11.1 Å². The highest BCUT2D eigenvalue weighted by molar-refractivity contribution is 5.82. The lowest BCUT2D eigenvalue weighted by molar-refractivity contribution is -0.144. The molecule has 136 valence electrons. The van der Waals surface area contributed by atoms with Crippen LogP contribution in [0.4, 0.5) is 0 Å². The highest BCUT2D eigenvalue weighted by Gasteiger charge is 2.35. The van der Waals surface area contributed by atoms with Gasteiger partial charge in [0.25, 0.3) is 0 Å². The zero-order valence-corrected chi connectivity index (χ0v) is 15.6. The first-order valence-electron chi connectivity index (χ1n) is 9.32. The van der Waals surface area contributed by atoms with Gasteiger partial charge in [-0.3, -0.25) is 14.5 Å². The Balaban J connectivity index is 1.69. The van der Waals surface area contributed by atoms with Crippen LogP contribution in [0.5, 0.6) is 0 Å². The summed E-state index contributed by atoms with van der Waals surface area (Å²) in [6.07, 6.45) is 1.00. The lowest BCUT2D eigenvalue weighted by Gasteiger charge is -2.41. The summed E-state index contributed by atoms with van der Waals surface area (Å²) in [5, 5.41) is 0. The fourth-order valence-electron chi connectivity index (χ4n) is 4.05. The van der Waals surface area contributed by atoms with Crippen molar-refractivity contribution in [2.75, 3.05) is 32.7 Å². The van der Waals surface area contributed by atoms with E-state index >= 15 is 0 Å². The van der Waals surface area contributed by atoms with Crippen LogP contribution in [0.25, 0.3) is 0 Å². The van der Waals surface area contributed by atoms with E-state index in [1.807, 2.05) is 9.80 Å². The number of benzene rings is 1. The second-order valence-corrected chi connectivity index (χ2v) is 7.51. The number of hydrogen-bond donors (Lipinski definition) is 0. The molecule has 5 heteroatoms. The first-order valence-corrected chi connectivity index (χ1v) is 9.32. The Hall–Kier alpha value is -1.88. The van der Waals surface area contributed by atoms with Crippen molar-refractivity contribution < 1.29 is 9.59 Å². The largest absolute Gasteiger partial charge is 0.339 e. The molecule has 5 nitrogen and oxygen atoms in total. The molecule has 0 saturated carbocycles. The van der Waals surface area contributed by atoms with Crippen molar-refractivity contribution in [2.45, 2.75) is 39.8 Å². The van der Waals surface area contributed by atoms with Crippen LogP contribution in [0.3, 0.4) is 0 Å². The summed E-state index contributed by atoms with van der Waals surface area (Å²) < 4.78 is 0. The molecule has 0 bridgehead atoms. The Morgan fingerprint density at radius 2 is 1.52 bits per heavy atom.